The summed E-state index contributed by atoms with van der Waals surface area (Å²) < 4.78 is 0. The van der Waals surface area contributed by atoms with E-state index in [0.29, 0.717) is 0 Å². The highest BCUT2D eigenvalue weighted by atomic mass is 32.1. The average Bonchev–Trinajstić information content (AvgIpc) is 3.19. The highest BCUT2D eigenvalue weighted by Gasteiger charge is 2.21. The van der Waals surface area contributed by atoms with E-state index in [1.165, 1.54) is 16.0 Å². The molecule has 0 atom stereocenters. The van der Waals surface area contributed by atoms with E-state index in [1.54, 1.807) is 0 Å². The fourth-order valence-corrected chi connectivity index (χ4v) is 3.94. The number of aliphatic hydroxyl groups is 1. The van der Waals surface area contributed by atoms with Gasteiger partial charge in [-0.15, -0.1) is 11.3 Å². The monoisotopic (exact) mass is 351 g/mol. The first-order chi connectivity index (χ1) is 12.4. The Hall–Kier alpha value is -1.94. The Bertz CT molecular complexity index is 673. The number of hydrogen-bond acceptors (Lipinski definition) is 3. The molecule has 0 saturated carbocycles. The largest absolute Gasteiger partial charge is 0.396 e. The molecule has 3 heteroatoms. The van der Waals surface area contributed by atoms with Crippen LogP contribution in [0.4, 0.5) is 0 Å². The summed E-state index contributed by atoms with van der Waals surface area (Å²) >= 11 is 1.82. The van der Waals surface area contributed by atoms with Crippen molar-refractivity contribution in [1.29, 1.82) is 0 Å². The zero-order chi connectivity index (χ0) is 17.3. The van der Waals surface area contributed by atoms with Gasteiger partial charge in [0.1, 0.15) is 0 Å². The van der Waals surface area contributed by atoms with E-state index in [9.17, 15) is 5.11 Å². The molecule has 3 aromatic rings. The van der Waals surface area contributed by atoms with Gasteiger partial charge in [-0.25, -0.2) is 0 Å². The molecule has 0 aliphatic carbocycles. The van der Waals surface area contributed by atoms with Crippen LogP contribution in [0.5, 0.6) is 0 Å². The summed E-state index contributed by atoms with van der Waals surface area (Å²) in [6, 6.07) is 25.9. The Labute approximate surface area is 154 Å². The average molecular weight is 352 g/mol. The molecule has 0 spiro atoms. The van der Waals surface area contributed by atoms with E-state index in [-0.39, 0.29) is 12.6 Å². The third-order valence-corrected chi connectivity index (χ3v) is 5.36. The van der Waals surface area contributed by atoms with Gasteiger partial charge in [-0.1, -0.05) is 66.7 Å². The van der Waals surface area contributed by atoms with E-state index in [2.05, 4.69) is 83.1 Å². The molecule has 130 valence electrons. The van der Waals surface area contributed by atoms with Crippen LogP contribution in [0.2, 0.25) is 0 Å². The van der Waals surface area contributed by atoms with Crippen LogP contribution >= 0.6 is 11.3 Å². The van der Waals surface area contributed by atoms with Crippen LogP contribution in [0.25, 0.3) is 0 Å². The molecule has 0 aliphatic rings. The van der Waals surface area contributed by atoms with Gasteiger partial charge >= 0.3 is 0 Å². The Morgan fingerprint density at radius 1 is 0.800 bits per heavy atom. The van der Waals surface area contributed by atoms with Gasteiger partial charge in [-0.05, 0) is 35.4 Å². The van der Waals surface area contributed by atoms with Crippen molar-refractivity contribution in [3.8, 4) is 0 Å². The molecule has 0 aliphatic heterocycles. The van der Waals surface area contributed by atoms with Crippen LogP contribution in [-0.4, -0.2) is 29.7 Å². The molecule has 1 N–H and O–H groups in total. The smallest absolute Gasteiger partial charge is 0.0601 e. The van der Waals surface area contributed by atoms with Crippen molar-refractivity contribution in [2.45, 2.75) is 18.9 Å². The molecule has 0 saturated heterocycles. The van der Waals surface area contributed by atoms with E-state index < -0.39 is 0 Å². The summed E-state index contributed by atoms with van der Waals surface area (Å²) in [6.45, 7) is 2.09. The summed E-state index contributed by atoms with van der Waals surface area (Å²) in [5, 5.41) is 11.5. The summed E-state index contributed by atoms with van der Waals surface area (Å²) in [7, 11) is 0. The van der Waals surface area contributed by atoms with Gasteiger partial charge in [0, 0.05) is 24.6 Å². The van der Waals surface area contributed by atoms with Crippen LogP contribution in [0.1, 0.15) is 28.5 Å². The molecule has 1 aromatic heterocycles. The normalized spacial score (nSPS) is 11.3. The number of hydrogen-bond donors (Lipinski definition) is 1. The third-order valence-electron chi connectivity index (χ3n) is 4.42. The minimum absolute atomic E-state index is 0.217. The first kappa shape index (κ1) is 17.9. The Balaban J connectivity index is 1.88. The van der Waals surface area contributed by atoms with E-state index in [1.807, 2.05) is 11.3 Å². The SMILES string of the molecule is OCCCN(CCc1cccs1)C(c1ccccc1)c1ccccc1. The Morgan fingerprint density at radius 2 is 1.44 bits per heavy atom. The fourth-order valence-electron chi connectivity index (χ4n) is 3.24. The van der Waals surface area contributed by atoms with E-state index in [4.69, 9.17) is 0 Å². The van der Waals surface area contributed by atoms with Crippen LogP contribution in [0.3, 0.4) is 0 Å². The molecule has 2 nitrogen and oxygen atoms in total. The summed E-state index contributed by atoms with van der Waals surface area (Å²) in [5.74, 6) is 0. The molecular formula is C22H25NOS. The highest BCUT2D eigenvalue weighted by molar-refractivity contribution is 7.09. The number of thiophene rings is 1. The summed E-state index contributed by atoms with van der Waals surface area (Å²) in [5.41, 5.74) is 2.61. The lowest BCUT2D eigenvalue weighted by Gasteiger charge is -2.32. The standard InChI is InChI=1S/C22H25NOS/c24-17-8-15-23(16-14-21-13-7-18-25-21)22(19-9-3-1-4-10-19)20-11-5-2-6-12-20/h1-7,9-13,18,22,24H,8,14-17H2. The maximum absolute atomic E-state index is 9.37. The zero-order valence-electron chi connectivity index (χ0n) is 14.4. The number of aliphatic hydroxyl groups excluding tert-OH is 1. The van der Waals surface area contributed by atoms with Gasteiger partial charge in [0.25, 0.3) is 0 Å². The second-order valence-corrected chi connectivity index (χ2v) is 7.20. The molecule has 3 rings (SSSR count). The van der Waals surface area contributed by atoms with Crippen LogP contribution < -0.4 is 0 Å². The second-order valence-electron chi connectivity index (χ2n) is 6.17. The lowest BCUT2D eigenvalue weighted by atomic mass is 9.96. The third kappa shape index (κ3) is 5.02. The second kappa shape index (κ2) is 9.52. The summed E-state index contributed by atoms with van der Waals surface area (Å²) in [6.07, 6.45) is 1.83. The minimum Gasteiger partial charge on any atom is -0.396 e. The number of nitrogens with zero attached hydrogens (tertiary/aromatic N) is 1. The van der Waals surface area contributed by atoms with Crippen molar-refractivity contribution in [3.63, 3.8) is 0 Å². The molecule has 1 heterocycles. The van der Waals surface area contributed by atoms with Gasteiger partial charge in [0.2, 0.25) is 0 Å². The van der Waals surface area contributed by atoms with Crippen LogP contribution in [0.15, 0.2) is 78.2 Å². The molecule has 25 heavy (non-hydrogen) atoms. The van der Waals surface area contributed by atoms with E-state index >= 15 is 0 Å². The zero-order valence-corrected chi connectivity index (χ0v) is 15.2. The molecule has 0 radical (unpaired) electrons. The molecular weight excluding hydrogens is 326 g/mol. The Kier molecular flexibility index (Phi) is 6.80. The summed E-state index contributed by atoms with van der Waals surface area (Å²) in [4.78, 5) is 3.91. The van der Waals surface area contributed by atoms with Gasteiger partial charge in [0.05, 0.1) is 6.04 Å². The predicted molar refractivity (Wildman–Crippen MR) is 106 cm³/mol. The molecule has 0 amide bonds. The molecule has 0 fully saturated rings. The predicted octanol–water partition coefficient (Wildman–Crippen LogP) is 4.76. The van der Waals surface area contributed by atoms with Crippen molar-refractivity contribution >= 4 is 11.3 Å². The van der Waals surface area contributed by atoms with Crippen LogP contribution in [0, 0.1) is 0 Å². The quantitative estimate of drug-likeness (QED) is 0.600. The van der Waals surface area contributed by atoms with Gasteiger partial charge in [0.15, 0.2) is 0 Å². The first-order valence-corrected chi connectivity index (χ1v) is 9.73. The van der Waals surface area contributed by atoms with Crippen molar-refractivity contribution in [1.82, 2.24) is 4.90 Å². The van der Waals surface area contributed by atoms with E-state index in [0.717, 1.165) is 25.9 Å². The first-order valence-electron chi connectivity index (χ1n) is 8.85. The van der Waals surface area contributed by atoms with Crippen molar-refractivity contribution in [2.75, 3.05) is 19.7 Å². The van der Waals surface area contributed by atoms with Gasteiger partial charge in [-0.2, -0.15) is 0 Å². The van der Waals surface area contributed by atoms with Crippen molar-refractivity contribution in [2.24, 2.45) is 0 Å². The minimum atomic E-state index is 0.217. The maximum Gasteiger partial charge on any atom is 0.0601 e. The molecule has 2 aromatic carbocycles. The number of rotatable bonds is 9. The number of benzene rings is 2. The lowest BCUT2D eigenvalue weighted by Crippen LogP contribution is -2.33. The van der Waals surface area contributed by atoms with Gasteiger partial charge < -0.3 is 5.11 Å². The maximum atomic E-state index is 9.37. The lowest BCUT2D eigenvalue weighted by molar-refractivity contribution is 0.196. The van der Waals surface area contributed by atoms with Gasteiger partial charge in [-0.3, -0.25) is 4.90 Å². The van der Waals surface area contributed by atoms with Crippen molar-refractivity contribution in [3.05, 3.63) is 94.2 Å². The Morgan fingerprint density at radius 3 is 1.96 bits per heavy atom. The fraction of sp³-hybridized carbons (Fsp3) is 0.273. The topological polar surface area (TPSA) is 23.5 Å². The van der Waals surface area contributed by atoms with Crippen molar-refractivity contribution < 1.29 is 5.11 Å². The highest BCUT2D eigenvalue weighted by Crippen LogP contribution is 2.29. The van der Waals surface area contributed by atoms with Crippen LogP contribution in [-0.2, 0) is 6.42 Å². The molecule has 0 bridgehead atoms. The molecule has 0 unspecified atom stereocenters.